The molecule has 0 spiro atoms. The van der Waals surface area contributed by atoms with Crippen LogP contribution in [0.15, 0.2) is 24.3 Å². The molecule has 1 aromatic rings. The molecule has 0 aliphatic rings. The Labute approximate surface area is 216 Å². The molecule has 1 rings (SSSR count). The highest BCUT2D eigenvalue weighted by molar-refractivity contribution is 5.94. The summed E-state index contributed by atoms with van der Waals surface area (Å²) in [6.07, 6.45) is 0.295. The van der Waals surface area contributed by atoms with Crippen molar-refractivity contribution in [3.63, 3.8) is 0 Å². The van der Waals surface area contributed by atoms with E-state index in [1.54, 1.807) is 32.9 Å². The summed E-state index contributed by atoms with van der Waals surface area (Å²) in [6, 6.07) is 1.71. The standard InChI is InChI=1S/C25H39N5O7/c1-5-14(4)21(30-22(33)17(26)12-15-6-8-16(31)9-7-15)24(35)28-18(10-11-19(27)32)23(34)29-20(13(2)3)25(36)37/h6-9,13-14,17-18,20-21,31H,5,10-12,26H2,1-4H3,(H2,27,32)(H,28,35)(H,29,34)(H,30,33)(H,36,37). The van der Waals surface area contributed by atoms with Crippen LogP contribution in [0.5, 0.6) is 5.75 Å². The van der Waals surface area contributed by atoms with Crippen molar-refractivity contribution in [3.05, 3.63) is 29.8 Å². The fourth-order valence-electron chi connectivity index (χ4n) is 3.53. The number of rotatable bonds is 15. The third-order valence-corrected chi connectivity index (χ3v) is 6.06. The Morgan fingerprint density at radius 1 is 0.892 bits per heavy atom. The largest absolute Gasteiger partial charge is 0.508 e. The molecule has 0 aromatic heterocycles. The van der Waals surface area contributed by atoms with Gasteiger partial charge in [0.25, 0.3) is 0 Å². The Kier molecular flexibility index (Phi) is 12.5. The number of amides is 4. The van der Waals surface area contributed by atoms with E-state index in [4.69, 9.17) is 11.5 Å². The van der Waals surface area contributed by atoms with Crippen LogP contribution in [0.25, 0.3) is 0 Å². The van der Waals surface area contributed by atoms with Crippen molar-refractivity contribution in [2.75, 3.05) is 0 Å². The molecule has 1 aromatic carbocycles. The lowest BCUT2D eigenvalue weighted by Gasteiger charge is -2.28. The third kappa shape index (κ3) is 10.5. The zero-order valence-electron chi connectivity index (χ0n) is 21.7. The average molecular weight is 522 g/mol. The van der Waals surface area contributed by atoms with Gasteiger partial charge in [-0.2, -0.15) is 0 Å². The second kappa shape index (κ2) is 14.8. The molecular weight excluding hydrogens is 482 g/mol. The van der Waals surface area contributed by atoms with Gasteiger partial charge in [-0.25, -0.2) is 4.79 Å². The normalized spacial score (nSPS) is 15.1. The molecule has 5 atom stereocenters. The number of hydrogen-bond donors (Lipinski definition) is 7. The zero-order valence-corrected chi connectivity index (χ0v) is 21.7. The zero-order chi connectivity index (χ0) is 28.3. The number of hydrogen-bond acceptors (Lipinski definition) is 7. The number of aromatic hydroxyl groups is 1. The average Bonchev–Trinajstić information content (AvgIpc) is 2.83. The van der Waals surface area contributed by atoms with Crippen molar-refractivity contribution < 1.29 is 34.2 Å². The molecule has 0 aliphatic carbocycles. The van der Waals surface area contributed by atoms with Crippen molar-refractivity contribution in [1.82, 2.24) is 16.0 Å². The topological polar surface area (TPSA) is 214 Å². The van der Waals surface area contributed by atoms with Gasteiger partial charge in [-0.3, -0.25) is 19.2 Å². The SMILES string of the molecule is CCC(C)C(NC(=O)C(N)Cc1ccc(O)cc1)C(=O)NC(CCC(N)=O)C(=O)NC(C(=O)O)C(C)C. The van der Waals surface area contributed by atoms with Gasteiger partial charge < -0.3 is 37.6 Å². The van der Waals surface area contributed by atoms with Gasteiger partial charge in [-0.1, -0.05) is 46.2 Å². The van der Waals surface area contributed by atoms with Crippen molar-refractivity contribution in [2.45, 2.75) is 77.5 Å². The Morgan fingerprint density at radius 2 is 1.46 bits per heavy atom. The minimum absolute atomic E-state index is 0.0771. The maximum absolute atomic E-state index is 13.2. The molecule has 206 valence electrons. The van der Waals surface area contributed by atoms with Gasteiger partial charge in [0.05, 0.1) is 6.04 Å². The summed E-state index contributed by atoms with van der Waals surface area (Å²) in [7, 11) is 0. The molecule has 37 heavy (non-hydrogen) atoms. The molecule has 0 radical (unpaired) electrons. The highest BCUT2D eigenvalue weighted by Gasteiger charge is 2.33. The van der Waals surface area contributed by atoms with E-state index >= 15 is 0 Å². The van der Waals surface area contributed by atoms with E-state index < -0.39 is 59.7 Å². The Bertz CT molecular complexity index is 951. The van der Waals surface area contributed by atoms with Gasteiger partial charge in [0, 0.05) is 6.42 Å². The summed E-state index contributed by atoms with van der Waals surface area (Å²) in [5.74, 6) is -4.68. The number of carbonyl (C=O) groups is 5. The van der Waals surface area contributed by atoms with Crippen molar-refractivity contribution in [3.8, 4) is 5.75 Å². The van der Waals surface area contributed by atoms with Gasteiger partial charge in [0.2, 0.25) is 23.6 Å². The molecule has 9 N–H and O–H groups in total. The molecule has 0 saturated heterocycles. The molecule has 12 heteroatoms. The number of nitrogens with one attached hydrogen (secondary N) is 3. The van der Waals surface area contributed by atoms with Gasteiger partial charge in [-0.05, 0) is 42.4 Å². The number of phenolic OH excluding ortho intramolecular Hbond substituents is 1. The summed E-state index contributed by atoms with van der Waals surface area (Å²) >= 11 is 0. The van der Waals surface area contributed by atoms with E-state index in [1.807, 2.05) is 6.92 Å². The fraction of sp³-hybridized carbons (Fsp3) is 0.560. The molecule has 0 saturated carbocycles. The van der Waals surface area contributed by atoms with Crippen LogP contribution >= 0.6 is 0 Å². The monoisotopic (exact) mass is 521 g/mol. The fourth-order valence-corrected chi connectivity index (χ4v) is 3.53. The lowest BCUT2D eigenvalue weighted by Crippen LogP contribution is -2.59. The van der Waals surface area contributed by atoms with Crippen molar-refractivity contribution >= 4 is 29.6 Å². The smallest absolute Gasteiger partial charge is 0.326 e. The Balaban J connectivity index is 3.02. The van der Waals surface area contributed by atoms with E-state index in [0.717, 1.165) is 0 Å². The first-order chi connectivity index (χ1) is 17.3. The van der Waals surface area contributed by atoms with Crippen molar-refractivity contribution in [1.29, 1.82) is 0 Å². The molecule has 0 bridgehead atoms. The summed E-state index contributed by atoms with van der Waals surface area (Å²) < 4.78 is 0. The first-order valence-corrected chi connectivity index (χ1v) is 12.2. The van der Waals surface area contributed by atoms with Crippen LogP contribution in [0.1, 0.15) is 52.5 Å². The van der Waals surface area contributed by atoms with Gasteiger partial charge in [-0.15, -0.1) is 0 Å². The Morgan fingerprint density at radius 3 is 1.95 bits per heavy atom. The van der Waals surface area contributed by atoms with Gasteiger partial charge in [0.15, 0.2) is 0 Å². The number of benzene rings is 1. The third-order valence-electron chi connectivity index (χ3n) is 6.06. The first kappa shape index (κ1) is 31.4. The van der Waals surface area contributed by atoms with E-state index in [0.29, 0.717) is 12.0 Å². The van der Waals surface area contributed by atoms with E-state index in [9.17, 15) is 34.2 Å². The van der Waals surface area contributed by atoms with Crippen LogP contribution in [-0.2, 0) is 30.4 Å². The molecule has 0 heterocycles. The predicted molar refractivity (Wildman–Crippen MR) is 136 cm³/mol. The number of carbonyl (C=O) groups excluding carboxylic acids is 4. The summed E-state index contributed by atoms with van der Waals surface area (Å²) in [5.41, 5.74) is 12.0. The molecule has 0 aliphatic heterocycles. The molecule has 4 amide bonds. The van der Waals surface area contributed by atoms with Gasteiger partial charge >= 0.3 is 5.97 Å². The van der Waals surface area contributed by atoms with E-state index in [-0.39, 0.29) is 30.9 Å². The molecule has 5 unspecified atom stereocenters. The summed E-state index contributed by atoms with van der Waals surface area (Å²) in [4.78, 5) is 61.7. The second-order valence-electron chi connectivity index (χ2n) is 9.48. The van der Waals surface area contributed by atoms with Crippen LogP contribution in [-0.4, -0.2) is 64.0 Å². The lowest BCUT2D eigenvalue weighted by atomic mass is 9.96. The maximum atomic E-state index is 13.2. The highest BCUT2D eigenvalue weighted by atomic mass is 16.4. The first-order valence-electron chi connectivity index (χ1n) is 12.2. The number of aliphatic carboxylic acids is 1. The Hall–Kier alpha value is -3.67. The number of phenols is 1. The number of nitrogens with two attached hydrogens (primary N) is 2. The van der Waals surface area contributed by atoms with Crippen LogP contribution in [0.2, 0.25) is 0 Å². The quantitative estimate of drug-likeness (QED) is 0.163. The van der Waals surface area contributed by atoms with Crippen LogP contribution in [0.3, 0.4) is 0 Å². The van der Waals surface area contributed by atoms with E-state index in [2.05, 4.69) is 16.0 Å². The van der Waals surface area contributed by atoms with Crippen LogP contribution < -0.4 is 27.4 Å². The van der Waals surface area contributed by atoms with Crippen molar-refractivity contribution in [2.24, 2.45) is 23.3 Å². The van der Waals surface area contributed by atoms with Crippen LogP contribution in [0, 0.1) is 11.8 Å². The molecule has 12 nitrogen and oxygen atoms in total. The minimum Gasteiger partial charge on any atom is -0.508 e. The predicted octanol–water partition coefficient (Wildman–Crippen LogP) is -0.231. The molecule has 0 fully saturated rings. The summed E-state index contributed by atoms with van der Waals surface area (Å²) in [6.45, 7) is 6.80. The van der Waals surface area contributed by atoms with Gasteiger partial charge in [0.1, 0.15) is 23.9 Å². The number of carboxylic acid groups (broad SMARTS) is 1. The highest BCUT2D eigenvalue weighted by Crippen LogP contribution is 2.13. The summed E-state index contributed by atoms with van der Waals surface area (Å²) in [5, 5.41) is 26.4. The number of primary amides is 1. The number of carboxylic acids is 1. The minimum atomic E-state index is -1.25. The van der Waals surface area contributed by atoms with Crippen LogP contribution in [0.4, 0.5) is 0 Å². The lowest BCUT2D eigenvalue weighted by molar-refractivity contribution is -0.143. The maximum Gasteiger partial charge on any atom is 0.326 e. The van der Waals surface area contributed by atoms with E-state index in [1.165, 1.54) is 12.1 Å². The second-order valence-corrected chi connectivity index (χ2v) is 9.48. The molecular formula is C25H39N5O7.